The zero-order valence-corrected chi connectivity index (χ0v) is 12.8. The molecule has 0 N–H and O–H groups in total. The van der Waals surface area contributed by atoms with Gasteiger partial charge >= 0.3 is 6.18 Å². The van der Waals surface area contributed by atoms with E-state index in [1.807, 2.05) is 0 Å². The van der Waals surface area contributed by atoms with Crippen LogP contribution < -0.4 is 0 Å². The molecule has 116 valence electrons. The molecule has 0 aromatic heterocycles. The highest BCUT2D eigenvalue weighted by Gasteiger charge is 2.47. The van der Waals surface area contributed by atoms with Gasteiger partial charge in [-0.2, -0.15) is 13.2 Å². The van der Waals surface area contributed by atoms with Crippen LogP contribution in [0.2, 0.25) is 0 Å². The fraction of sp³-hybridized carbons (Fsp3) is 0.333. The number of halogens is 4. The maximum absolute atomic E-state index is 13.0. The van der Waals surface area contributed by atoms with Crippen LogP contribution in [-0.2, 0) is 0 Å². The molecule has 0 saturated heterocycles. The Labute approximate surface area is 132 Å². The van der Waals surface area contributed by atoms with Crippen molar-refractivity contribution in [2.24, 2.45) is 5.92 Å². The lowest BCUT2D eigenvalue weighted by Gasteiger charge is -2.33. The van der Waals surface area contributed by atoms with E-state index in [1.54, 1.807) is 12.1 Å². The van der Waals surface area contributed by atoms with Gasteiger partial charge in [-0.1, -0.05) is 34.1 Å². The molecule has 1 aliphatic carbocycles. The Balaban J connectivity index is 1.95. The quantitative estimate of drug-likeness (QED) is 0.700. The summed E-state index contributed by atoms with van der Waals surface area (Å²) >= 11 is 3.21. The summed E-state index contributed by atoms with van der Waals surface area (Å²) in [6, 6.07) is 5.36. The highest BCUT2D eigenvalue weighted by atomic mass is 79.9. The Morgan fingerprint density at radius 2 is 1.64 bits per heavy atom. The van der Waals surface area contributed by atoms with Crippen LogP contribution in [-0.4, -0.2) is 28.9 Å². The van der Waals surface area contributed by atoms with E-state index in [2.05, 4.69) is 15.9 Å². The molecule has 0 fully saturated rings. The summed E-state index contributed by atoms with van der Waals surface area (Å²) in [6.07, 6.45) is -3.41. The van der Waals surface area contributed by atoms with Crippen molar-refractivity contribution >= 4 is 27.7 Å². The van der Waals surface area contributed by atoms with Gasteiger partial charge in [0.25, 0.3) is 11.8 Å². The summed E-state index contributed by atoms with van der Waals surface area (Å²) in [5, 5.41) is 0. The minimum Gasteiger partial charge on any atom is -0.269 e. The van der Waals surface area contributed by atoms with Crippen LogP contribution in [0.4, 0.5) is 13.2 Å². The average Bonchev–Trinajstić information content (AvgIpc) is 2.71. The molecule has 1 aromatic carbocycles. The number of carbonyl (C=O) groups excluding carboxylic acids is 2. The van der Waals surface area contributed by atoms with Crippen molar-refractivity contribution in [2.75, 3.05) is 0 Å². The number of nitrogens with zero attached hydrogens (tertiary/aromatic N) is 1. The van der Waals surface area contributed by atoms with Crippen molar-refractivity contribution in [2.45, 2.75) is 25.1 Å². The number of imide groups is 1. The van der Waals surface area contributed by atoms with Crippen molar-refractivity contribution in [3.63, 3.8) is 0 Å². The van der Waals surface area contributed by atoms with Gasteiger partial charge in [0.15, 0.2) is 0 Å². The van der Waals surface area contributed by atoms with E-state index in [1.165, 1.54) is 18.2 Å². The fourth-order valence-corrected chi connectivity index (χ4v) is 3.43. The van der Waals surface area contributed by atoms with E-state index in [0.29, 0.717) is 4.48 Å². The molecule has 3 nitrogen and oxygen atoms in total. The molecule has 1 heterocycles. The van der Waals surface area contributed by atoms with Crippen LogP contribution in [0.25, 0.3) is 0 Å². The highest BCUT2D eigenvalue weighted by Crippen LogP contribution is 2.41. The third kappa shape index (κ3) is 2.37. The average molecular weight is 374 g/mol. The normalized spacial score (nSPS) is 25.3. The molecule has 7 heteroatoms. The molecule has 2 aliphatic rings. The van der Waals surface area contributed by atoms with Gasteiger partial charge in [0.2, 0.25) is 0 Å². The van der Waals surface area contributed by atoms with Crippen molar-refractivity contribution < 1.29 is 22.8 Å². The molecule has 1 aromatic rings. The maximum Gasteiger partial charge on any atom is 0.392 e. The standard InChI is InChI=1S/C15H11BrF3NO2/c16-11-6-5-8(15(17,18)19)7-12(11)20-13(21)9-3-1-2-4-10(9)14(20)22/h1-4,6,8,12H,5,7H2. The van der Waals surface area contributed by atoms with Crippen molar-refractivity contribution in [1.82, 2.24) is 4.90 Å². The second-order valence-electron chi connectivity index (χ2n) is 5.34. The van der Waals surface area contributed by atoms with Gasteiger partial charge in [0.05, 0.1) is 23.1 Å². The predicted octanol–water partition coefficient (Wildman–Crippen LogP) is 3.90. The summed E-state index contributed by atoms with van der Waals surface area (Å²) in [4.78, 5) is 25.7. The summed E-state index contributed by atoms with van der Waals surface area (Å²) in [7, 11) is 0. The fourth-order valence-electron chi connectivity index (χ4n) is 2.86. The van der Waals surface area contributed by atoms with Crippen LogP contribution in [0.1, 0.15) is 33.6 Å². The number of rotatable bonds is 1. The zero-order valence-electron chi connectivity index (χ0n) is 11.2. The van der Waals surface area contributed by atoms with Gasteiger partial charge in [0, 0.05) is 4.48 Å². The first-order chi connectivity index (χ1) is 10.3. The minimum atomic E-state index is -4.35. The molecule has 22 heavy (non-hydrogen) atoms. The zero-order chi connectivity index (χ0) is 16.1. The van der Waals surface area contributed by atoms with Crippen LogP contribution in [0.3, 0.4) is 0 Å². The molecule has 3 rings (SSSR count). The number of carbonyl (C=O) groups is 2. The second-order valence-corrected chi connectivity index (χ2v) is 6.26. The molecular formula is C15H11BrF3NO2. The number of hydrogen-bond donors (Lipinski definition) is 0. The van der Waals surface area contributed by atoms with Crippen LogP contribution in [0.5, 0.6) is 0 Å². The molecular weight excluding hydrogens is 363 g/mol. The first kappa shape index (κ1) is 15.3. The molecule has 0 spiro atoms. The van der Waals surface area contributed by atoms with Gasteiger partial charge in [0.1, 0.15) is 0 Å². The first-order valence-electron chi connectivity index (χ1n) is 6.70. The van der Waals surface area contributed by atoms with Gasteiger partial charge in [-0.25, -0.2) is 0 Å². The molecule has 2 unspecified atom stereocenters. The van der Waals surface area contributed by atoms with E-state index >= 15 is 0 Å². The molecule has 0 radical (unpaired) electrons. The van der Waals surface area contributed by atoms with Crippen LogP contribution in [0, 0.1) is 5.92 Å². The largest absolute Gasteiger partial charge is 0.392 e. The van der Waals surface area contributed by atoms with E-state index < -0.39 is 30.0 Å². The molecule has 2 atom stereocenters. The maximum atomic E-state index is 13.0. The third-order valence-electron chi connectivity index (χ3n) is 4.02. The summed E-state index contributed by atoms with van der Waals surface area (Å²) in [5.41, 5.74) is 0.476. The first-order valence-corrected chi connectivity index (χ1v) is 7.49. The summed E-state index contributed by atoms with van der Waals surface area (Å²) < 4.78 is 39.3. The monoisotopic (exact) mass is 373 g/mol. The van der Waals surface area contributed by atoms with E-state index in [0.717, 1.165) is 4.90 Å². The van der Waals surface area contributed by atoms with E-state index in [-0.39, 0.29) is 24.0 Å². The van der Waals surface area contributed by atoms with Gasteiger partial charge in [-0.15, -0.1) is 0 Å². The van der Waals surface area contributed by atoms with E-state index in [4.69, 9.17) is 0 Å². The van der Waals surface area contributed by atoms with Gasteiger partial charge < -0.3 is 0 Å². The Bertz CT molecular complexity index is 649. The second kappa shape index (κ2) is 5.22. The van der Waals surface area contributed by atoms with Crippen molar-refractivity contribution in [3.05, 3.63) is 46.0 Å². The number of alkyl halides is 3. The van der Waals surface area contributed by atoms with Gasteiger partial charge in [-0.3, -0.25) is 14.5 Å². The third-order valence-corrected chi connectivity index (χ3v) is 4.88. The lowest BCUT2D eigenvalue weighted by Crippen LogP contribution is -2.44. The number of fused-ring (bicyclic) bond motifs is 1. The number of hydrogen-bond acceptors (Lipinski definition) is 2. The Morgan fingerprint density at radius 1 is 1.09 bits per heavy atom. The van der Waals surface area contributed by atoms with E-state index in [9.17, 15) is 22.8 Å². The SMILES string of the molecule is O=C1c2ccccc2C(=O)N1C1CC(C(F)(F)F)CC=C1Br. The van der Waals surface area contributed by atoms with Crippen LogP contribution >= 0.6 is 15.9 Å². The summed E-state index contributed by atoms with van der Waals surface area (Å²) in [5.74, 6) is -2.64. The molecule has 0 bridgehead atoms. The number of benzene rings is 1. The number of allylic oxidation sites excluding steroid dienone is 1. The molecule has 1 aliphatic heterocycles. The van der Waals surface area contributed by atoms with Gasteiger partial charge in [-0.05, 0) is 25.0 Å². The predicted molar refractivity (Wildman–Crippen MR) is 76.5 cm³/mol. The van der Waals surface area contributed by atoms with Crippen molar-refractivity contribution in [3.8, 4) is 0 Å². The number of amides is 2. The van der Waals surface area contributed by atoms with Crippen molar-refractivity contribution in [1.29, 1.82) is 0 Å². The Kier molecular flexibility index (Phi) is 3.63. The highest BCUT2D eigenvalue weighted by molar-refractivity contribution is 9.11. The lowest BCUT2D eigenvalue weighted by atomic mass is 9.89. The topological polar surface area (TPSA) is 37.4 Å². The molecule has 2 amide bonds. The molecule has 0 saturated carbocycles. The smallest absolute Gasteiger partial charge is 0.269 e. The Hall–Kier alpha value is -1.63. The summed E-state index contributed by atoms with van der Waals surface area (Å²) in [6.45, 7) is 0. The van der Waals surface area contributed by atoms with Crippen LogP contribution in [0.15, 0.2) is 34.8 Å². The minimum absolute atomic E-state index is 0.149. The lowest BCUT2D eigenvalue weighted by molar-refractivity contribution is -0.178. The Morgan fingerprint density at radius 3 is 2.14 bits per heavy atom.